The van der Waals surface area contributed by atoms with Gasteiger partial charge in [-0.3, -0.25) is 4.79 Å². The average molecular weight is 309 g/mol. The molecule has 1 aliphatic heterocycles. The van der Waals surface area contributed by atoms with Gasteiger partial charge in [0.2, 0.25) is 0 Å². The molecule has 0 bridgehead atoms. The Kier molecular flexibility index (Phi) is 4.12. The van der Waals surface area contributed by atoms with Gasteiger partial charge in [-0.25, -0.2) is 0 Å². The van der Waals surface area contributed by atoms with Crippen LogP contribution >= 0.6 is 0 Å². The van der Waals surface area contributed by atoms with Gasteiger partial charge in [-0.1, -0.05) is 31.2 Å². The van der Waals surface area contributed by atoms with Crippen LogP contribution in [0.2, 0.25) is 0 Å². The summed E-state index contributed by atoms with van der Waals surface area (Å²) in [5, 5.41) is 3.59. The Hall–Kier alpha value is -2.29. The molecule has 3 heteroatoms. The molecule has 0 aliphatic carbocycles. The van der Waals surface area contributed by atoms with Gasteiger partial charge < -0.3 is 10.1 Å². The van der Waals surface area contributed by atoms with Crippen LogP contribution in [0, 0.1) is 0 Å². The molecule has 0 unspecified atom stereocenters. The molecule has 23 heavy (non-hydrogen) atoms. The van der Waals surface area contributed by atoms with Crippen molar-refractivity contribution in [3.8, 4) is 5.75 Å². The van der Waals surface area contributed by atoms with Crippen molar-refractivity contribution in [1.29, 1.82) is 0 Å². The molecule has 2 atom stereocenters. The van der Waals surface area contributed by atoms with Crippen LogP contribution in [0.3, 0.4) is 0 Å². The van der Waals surface area contributed by atoms with Gasteiger partial charge in [0.25, 0.3) is 0 Å². The van der Waals surface area contributed by atoms with Gasteiger partial charge in [0.05, 0.1) is 12.5 Å². The van der Waals surface area contributed by atoms with Crippen LogP contribution in [0.25, 0.3) is 0 Å². The summed E-state index contributed by atoms with van der Waals surface area (Å²) in [6.07, 6.45) is 0.866. The van der Waals surface area contributed by atoms with Crippen LogP contribution in [0.5, 0.6) is 5.75 Å². The number of ether oxygens (including phenoxy) is 1. The molecule has 0 aromatic heterocycles. The van der Waals surface area contributed by atoms with E-state index in [0.29, 0.717) is 6.61 Å². The Balaban J connectivity index is 2.03. The molecule has 0 amide bonds. The number of nitrogens with one attached hydrogen (secondary N) is 1. The van der Waals surface area contributed by atoms with Crippen molar-refractivity contribution < 1.29 is 9.53 Å². The second kappa shape index (κ2) is 6.07. The maximum absolute atomic E-state index is 13.1. The predicted octanol–water partition coefficient (Wildman–Crippen LogP) is 4.65. The predicted molar refractivity (Wildman–Crippen MR) is 93.4 cm³/mol. The van der Waals surface area contributed by atoms with Crippen LogP contribution < -0.4 is 10.1 Å². The van der Waals surface area contributed by atoms with E-state index >= 15 is 0 Å². The molecule has 1 aliphatic rings. The minimum absolute atomic E-state index is 0.188. The Morgan fingerprint density at radius 1 is 1.09 bits per heavy atom. The third-order valence-electron chi connectivity index (χ3n) is 4.77. The molecule has 0 radical (unpaired) electrons. The Bertz CT molecular complexity index is 708. The maximum Gasteiger partial charge on any atom is 0.174 e. The van der Waals surface area contributed by atoms with E-state index in [4.69, 9.17) is 4.74 Å². The van der Waals surface area contributed by atoms with Gasteiger partial charge in [-0.2, -0.15) is 0 Å². The maximum atomic E-state index is 13.1. The molecule has 1 N–H and O–H groups in total. The summed E-state index contributed by atoms with van der Waals surface area (Å²) < 4.78 is 5.51. The third-order valence-corrected chi connectivity index (χ3v) is 4.77. The first-order chi connectivity index (χ1) is 11.1. The first kappa shape index (κ1) is 15.6. The van der Waals surface area contributed by atoms with Gasteiger partial charge >= 0.3 is 0 Å². The summed E-state index contributed by atoms with van der Waals surface area (Å²) in [7, 11) is 0. The van der Waals surface area contributed by atoms with E-state index in [9.17, 15) is 4.79 Å². The van der Waals surface area contributed by atoms with Crippen LogP contribution in [-0.2, 0) is 0 Å². The van der Waals surface area contributed by atoms with Crippen molar-refractivity contribution in [3.63, 3.8) is 0 Å². The second-order valence-electron chi connectivity index (χ2n) is 6.24. The highest BCUT2D eigenvalue weighted by molar-refractivity contribution is 6.08. The molecule has 0 saturated carbocycles. The lowest BCUT2D eigenvalue weighted by molar-refractivity contribution is 0.0917. The highest BCUT2D eigenvalue weighted by atomic mass is 16.5. The van der Waals surface area contributed by atoms with E-state index in [0.717, 1.165) is 29.0 Å². The van der Waals surface area contributed by atoms with Crippen molar-refractivity contribution >= 4 is 11.5 Å². The summed E-state index contributed by atoms with van der Waals surface area (Å²) in [4.78, 5) is 13.1. The quantitative estimate of drug-likeness (QED) is 0.893. The Morgan fingerprint density at radius 3 is 2.43 bits per heavy atom. The topological polar surface area (TPSA) is 38.3 Å². The van der Waals surface area contributed by atoms with Crippen LogP contribution in [0.4, 0.5) is 5.69 Å². The van der Waals surface area contributed by atoms with Gasteiger partial charge in [-0.05, 0) is 50.1 Å². The smallest absolute Gasteiger partial charge is 0.174 e. The number of ketones is 1. The number of benzene rings is 2. The van der Waals surface area contributed by atoms with Crippen molar-refractivity contribution in [1.82, 2.24) is 0 Å². The van der Waals surface area contributed by atoms with Crippen LogP contribution in [0.15, 0.2) is 48.5 Å². The molecule has 0 spiro atoms. The van der Waals surface area contributed by atoms with E-state index in [-0.39, 0.29) is 17.2 Å². The molecule has 3 nitrogen and oxygen atoms in total. The number of rotatable bonds is 4. The lowest BCUT2D eigenvalue weighted by Crippen LogP contribution is -2.48. The normalized spacial score (nSPS) is 23.1. The standard InChI is InChI=1S/C20H23NO2/c1-4-20(3)18(14-10-12-15(13-11-14)23-5-2)19(22)16-8-6-7-9-17(16)21-20/h6-13,18,21H,4-5H2,1-3H3/t18-,20+/m0/s1. The van der Waals surface area contributed by atoms with E-state index < -0.39 is 0 Å². The Labute approximate surface area is 137 Å². The summed E-state index contributed by atoms with van der Waals surface area (Å²) in [6.45, 7) is 6.86. The van der Waals surface area contributed by atoms with Crippen LogP contribution in [0.1, 0.15) is 49.0 Å². The van der Waals surface area contributed by atoms with Gasteiger partial charge in [0.15, 0.2) is 5.78 Å². The highest BCUT2D eigenvalue weighted by Gasteiger charge is 2.43. The largest absolute Gasteiger partial charge is 0.494 e. The Morgan fingerprint density at radius 2 is 1.78 bits per heavy atom. The zero-order chi connectivity index (χ0) is 16.4. The van der Waals surface area contributed by atoms with E-state index in [1.165, 1.54) is 0 Å². The molecule has 120 valence electrons. The van der Waals surface area contributed by atoms with E-state index in [1.807, 2.05) is 55.5 Å². The number of carbonyl (C=O) groups is 1. The minimum Gasteiger partial charge on any atom is -0.494 e. The highest BCUT2D eigenvalue weighted by Crippen LogP contribution is 2.42. The number of hydrogen-bond donors (Lipinski definition) is 1. The fraction of sp³-hybridized carbons (Fsp3) is 0.350. The third kappa shape index (κ3) is 2.72. The van der Waals surface area contributed by atoms with Crippen molar-refractivity contribution in [2.45, 2.75) is 38.6 Å². The summed E-state index contributed by atoms with van der Waals surface area (Å²) in [5.41, 5.74) is 2.45. The first-order valence-electron chi connectivity index (χ1n) is 8.23. The summed E-state index contributed by atoms with van der Waals surface area (Å²) in [5.74, 6) is 0.831. The number of para-hydroxylation sites is 1. The molecule has 0 saturated heterocycles. The van der Waals surface area contributed by atoms with Crippen molar-refractivity contribution in [2.24, 2.45) is 0 Å². The fourth-order valence-electron chi connectivity index (χ4n) is 3.37. The second-order valence-corrected chi connectivity index (χ2v) is 6.24. The van der Waals surface area contributed by atoms with Crippen molar-refractivity contribution in [3.05, 3.63) is 59.7 Å². The molecule has 3 rings (SSSR count). The van der Waals surface area contributed by atoms with Crippen LogP contribution in [-0.4, -0.2) is 17.9 Å². The zero-order valence-electron chi connectivity index (χ0n) is 13.9. The minimum atomic E-state index is -0.293. The lowest BCUT2D eigenvalue weighted by atomic mass is 9.71. The van der Waals surface area contributed by atoms with E-state index in [2.05, 4.69) is 19.2 Å². The summed E-state index contributed by atoms with van der Waals surface area (Å²) >= 11 is 0. The van der Waals surface area contributed by atoms with Gasteiger partial charge in [-0.15, -0.1) is 0 Å². The number of carbonyl (C=O) groups excluding carboxylic acids is 1. The molecule has 0 fully saturated rings. The summed E-state index contributed by atoms with van der Waals surface area (Å²) in [6, 6.07) is 15.7. The molecule has 2 aromatic rings. The average Bonchev–Trinajstić information content (AvgIpc) is 2.57. The first-order valence-corrected chi connectivity index (χ1v) is 8.23. The SMILES string of the molecule is CCOc1ccc([C@H]2C(=O)c3ccccc3N[C@]2(C)CC)cc1. The number of anilines is 1. The monoisotopic (exact) mass is 309 g/mol. The molecule has 2 aromatic carbocycles. The lowest BCUT2D eigenvalue weighted by Gasteiger charge is -2.42. The fourth-order valence-corrected chi connectivity index (χ4v) is 3.37. The molecular formula is C20H23NO2. The molecule has 1 heterocycles. The van der Waals surface area contributed by atoms with E-state index in [1.54, 1.807) is 0 Å². The zero-order valence-corrected chi connectivity index (χ0v) is 13.9. The van der Waals surface area contributed by atoms with Gasteiger partial charge in [0, 0.05) is 16.8 Å². The van der Waals surface area contributed by atoms with Gasteiger partial charge in [0.1, 0.15) is 5.75 Å². The molecular weight excluding hydrogens is 286 g/mol. The van der Waals surface area contributed by atoms with Crippen molar-refractivity contribution in [2.75, 3.05) is 11.9 Å². The number of fused-ring (bicyclic) bond motifs is 1. The number of hydrogen-bond acceptors (Lipinski definition) is 3. The number of Topliss-reactive ketones (excluding diaryl/α,β-unsaturated/α-hetero) is 1.